The molecule has 0 aliphatic carbocycles. The Labute approximate surface area is 148 Å². The number of nitrogens with zero attached hydrogens (tertiary/aromatic N) is 2. The molecule has 1 saturated heterocycles. The monoisotopic (exact) mass is 359 g/mol. The summed E-state index contributed by atoms with van der Waals surface area (Å²) in [5.41, 5.74) is 1.56. The molecule has 8 heteroatoms. The molecule has 0 saturated carbocycles. The number of nitro benzene ring substituents is 1. The third-order valence-electron chi connectivity index (χ3n) is 3.99. The minimum Gasteiger partial charge on any atom is -0.373 e. The highest BCUT2D eigenvalue weighted by Crippen LogP contribution is 2.28. The van der Waals surface area contributed by atoms with Gasteiger partial charge in [-0.15, -0.1) is 0 Å². The van der Waals surface area contributed by atoms with Gasteiger partial charge in [0.1, 0.15) is 6.04 Å². The lowest BCUT2D eigenvalue weighted by atomic mass is 10.1. The Bertz CT molecular complexity index is 867. The smallest absolute Gasteiger partial charge is 0.271 e. The Hall–Kier alpha value is -2.93. The lowest BCUT2D eigenvalue weighted by Gasteiger charge is -2.17. The second kappa shape index (κ2) is 6.52. The van der Waals surface area contributed by atoms with Crippen LogP contribution in [0.4, 0.5) is 17.1 Å². The van der Waals surface area contributed by atoms with Crippen molar-refractivity contribution in [1.82, 2.24) is 0 Å². The van der Waals surface area contributed by atoms with Crippen LogP contribution in [0.2, 0.25) is 5.02 Å². The third-order valence-corrected chi connectivity index (χ3v) is 4.25. The van der Waals surface area contributed by atoms with E-state index in [0.29, 0.717) is 16.4 Å². The molecule has 25 heavy (non-hydrogen) atoms. The number of halogens is 1. The summed E-state index contributed by atoms with van der Waals surface area (Å²) < 4.78 is 0. The molecule has 1 atom stereocenters. The van der Waals surface area contributed by atoms with E-state index in [0.717, 1.165) is 10.5 Å². The van der Waals surface area contributed by atoms with Gasteiger partial charge >= 0.3 is 0 Å². The molecule has 1 fully saturated rings. The molecule has 0 spiro atoms. The number of hydrogen-bond acceptors (Lipinski definition) is 5. The van der Waals surface area contributed by atoms with Crippen molar-refractivity contribution in [2.45, 2.75) is 19.4 Å². The summed E-state index contributed by atoms with van der Waals surface area (Å²) in [6.45, 7) is 1.77. The summed E-state index contributed by atoms with van der Waals surface area (Å²) in [5.74, 6) is -0.744. The molecule has 0 radical (unpaired) electrons. The minimum atomic E-state index is -0.774. The third kappa shape index (κ3) is 3.32. The molecule has 1 aliphatic heterocycles. The van der Waals surface area contributed by atoms with Crippen LogP contribution in [-0.2, 0) is 9.59 Å². The molecule has 1 unspecified atom stereocenters. The number of amides is 2. The first-order valence-electron chi connectivity index (χ1n) is 7.51. The Balaban J connectivity index is 1.84. The lowest BCUT2D eigenvalue weighted by molar-refractivity contribution is -0.384. The maximum absolute atomic E-state index is 12.6. The van der Waals surface area contributed by atoms with E-state index in [9.17, 15) is 19.7 Å². The van der Waals surface area contributed by atoms with Crippen molar-refractivity contribution in [3.63, 3.8) is 0 Å². The number of benzene rings is 2. The van der Waals surface area contributed by atoms with Crippen LogP contribution in [-0.4, -0.2) is 22.8 Å². The fraction of sp³-hybridized carbons (Fsp3) is 0.176. The van der Waals surface area contributed by atoms with E-state index in [1.165, 1.54) is 12.1 Å². The van der Waals surface area contributed by atoms with Crippen molar-refractivity contribution >= 4 is 40.5 Å². The van der Waals surface area contributed by atoms with Gasteiger partial charge < -0.3 is 5.32 Å². The van der Waals surface area contributed by atoms with E-state index < -0.39 is 16.9 Å². The number of aryl methyl sites for hydroxylation is 1. The van der Waals surface area contributed by atoms with Crippen LogP contribution in [0.15, 0.2) is 42.5 Å². The fourth-order valence-corrected chi connectivity index (χ4v) is 2.80. The number of anilines is 2. The normalized spacial score (nSPS) is 17.0. The van der Waals surface area contributed by atoms with Crippen LogP contribution in [0.1, 0.15) is 12.0 Å². The molecule has 2 aromatic rings. The number of carbonyl (C=O) groups excluding carboxylic acids is 2. The maximum atomic E-state index is 12.6. The quantitative estimate of drug-likeness (QED) is 0.513. The Kier molecular flexibility index (Phi) is 4.41. The van der Waals surface area contributed by atoms with Gasteiger partial charge in [0.15, 0.2) is 0 Å². The molecule has 2 aromatic carbocycles. The molecule has 1 N–H and O–H groups in total. The maximum Gasteiger partial charge on any atom is 0.271 e. The van der Waals surface area contributed by atoms with Gasteiger partial charge in [-0.05, 0) is 36.8 Å². The molecule has 0 aromatic heterocycles. The van der Waals surface area contributed by atoms with E-state index in [1.807, 2.05) is 0 Å². The summed E-state index contributed by atoms with van der Waals surface area (Å²) in [5, 5.41) is 14.4. The van der Waals surface area contributed by atoms with Crippen LogP contribution in [0.25, 0.3) is 0 Å². The highest BCUT2D eigenvalue weighted by atomic mass is 35.5. The van der Waals surface area contributed by atoms with Gasteiger partial charge in [0.25, 0.3) is 11.6 Å². The van der Waals surface area contributed by atoms with Crippen LogP contribution in [0, 0.1) is 17.0 Å². The summed E-state index contributed by atoms with van der Waals surface area (Å²) >= 11 is 5.83. The van der Waals surface area contributed by atoms with Gasteiger partial charge in [-0.2, -0.15) is 0 Å². The molecule has 1 heterocycles. The van der Waals surface area contributed by atoms with Crippen LogP contribution < -0.4 is 10.2 Å². The zero-order chi connectivity index (χ0) is 18.1. The van der Waals surface area contributed by atoms with Gasteiger partial charge in [0.05, 0.1) is 17.0 Å². The van der Waals surface area contributed by atoms with Crippen molar-refractivity contribution in [3.8, 4) is 0 Å². The van der Waals surface area contributed by atoms with Gasteiger partial charge in [-0.3, -0.25) is 19.7 Å². The topological polar surface area (TPSA) is 92.6 Å². The van der Waals surface area contributed by atoms with E-state index in [2.05, 4.69) is 5.32 Å². The number of rotatable bonds is 4. The lowest BCUT2D eigenvalue weighted by Crippen LogP contribution is -2.34. The number of hydrogen-bond donors (Lipinski definition) is 1. The van der Waals surface area contributed by atoms with Crippen molar-refractivity contribution in [2.75, 3.05) is 10.2 Å². The molecule has 3 rings (SSSR count). The molecular formula is C17H14ClN3O4. The van der Waals surface area contributed by atoms with Crippen LogP contribution >= 0.6 is 11.6 Å². The largest absolute Gasteiger partial charge is 0.373 e. The first-order valence-corrected chi connectivity index (χ1v) is 7.88. The summed E-state index contributed by atoms with van der Waals surface area (Å²) in [6.07, 6.45) is -0.0242. The standard InChI is InChI=1S/C17H14ClN3O4/c1-10-2-5-13(21(24)25)8-14(10)19-15-9-16(22)20(17(15)23)12-6-3-11(18)4-7-12/h2-8,15,19H,9H2,1H3. The fourth-order valence-electron chi connectivity index (χ4n) is 2.67. The second-order valence-corrected chi connectivity index (χ2v) is 6.14. The molecular weight excluding hydrogens is 346 g/mol. The van der Waals surface area contributed by atoms with Crippen LogP contribution in [0.5, 0.6) is 0 Å². The Morgan fingerprint density at radius 3 is 2.52 bits per heavy atom. The highest BCUT2D eigenvalue weighted by molar-refractivity contribution is 6.30. The first-order chi connectivity index (χ1) is 11.9. The molecule has 1 aliphatic rings. The SMILES string of the molecule is Cc1ccc([N+](=O)[O-])cc1NC1CC(=O)N(c2ccc(Cl)cc2)C1=O. The van der Waals surface area contributed by atoms with Crippen molar-refractivity contribution in [2.24, 2.45) is 0 Å². The average Bonchev–Trinajstić information content (AvgIpc) is 2.84. The Morgan fingerprint density at radius 2 is 1.88 bits per heavy atom. The number of non-ortho nitro benzene ring substituents is 1. The highest BCUT2D eigenvalue weighted by Gasteiger charge is 2.39. The Morgan fingerprint density at radius 1 is 1.20 bits per heavy atom. The van der Waals surface area contributed by atoms with Crippen molar-refractivity contribution in [1.29, 1.82) is 0 Å². The zero-order valence-corrected chi connectivity index (χ0v) is 14.0. The second-order valence-electron chi connectivity index (χ2n) is 5.70. The predicted octanol–water partition coefficient (Wildman–Crippen LogP) is 3.30. The van der Waals surface area contributed by atoms with Crippen molar-refractivity contribution in [3.05, 3.63) is 63.2 Å². The van der Waals surface area contributed by atoms with E-state index in [1.54, 1.807) is 37.3 Å². The van der Waals surface area contributed by atoms with Gasteiger partial charge in [-0.1, -0.05) is 17.7 Å². The molecule has 7 nitrogen and oxygen atoms in total. The minimum absolute atomic E-state index is 0.0242. The zero-order valence-electron chi connectivity index (χ0n) is 13.2. The predicted molar refractivity (Wildman–Crippen MR) is 93.8 cm³/mol. The summed E-state index contributed by atoms with van der Waals surface area (Å²) in [6, 6.07) is 9.96. The van der Waals surface area contributed by atoms with Gasteiger partial charge in [-0.25, -0.2) is 4.90 Å². The van der Waals surface area contributed by atoms with E-state index in [-0.39, 0.29) is 18.0 Å². The number of imide groups is 1. The number of nitrogens with one attached hydrogen (secondary N) is 1. The number of nitro groups is 1. The molecule has 128 valence electrons. The van der Waals surface area contributed by atoms with Crippen molar-refractivity contribution < 1.29 is 14.5 Å². The van der Waals surface area contributed by atoms with Gasteiger partial charge in [0.2, 0.25) is 5.91 Å². The summed E-state index contributed by atoms with van der Waals surface area (Å²) in [4.78, 5) is 36.4. The number of carbonyl (C=O) groups is 2. The molecule has 2 amide bonds. The van der Waals surface area contributed by atoms with E-state index in [4.69, 9.17) is 11.6 Å². The first kappa shape index (κ1) is 16.9. The summed E-state index contributed by atoms with van der Waals surface area (Å²) in [7, 11) is 0. The van der Waals surface area contributed by atoms with Crippen LogP contribution in [0.3, 0.4) is 0 Å². The van der Waals surface area contributed by atoms with Gasteiger partial charge in [0, 0.05) is 22.8 Å². The molecule has 0 bridgehead atoms. The average molecular weight is 360 g/mol. The van der Waals surface area contributed by atoms with E-state index >= 15 is 0 Å².